The van der Waals surface area contributed by atoms with Gasteiger partial charge in [-0.1, -0.05) is 218 Å². The van der Waals surface area contributed by atoms with Crippen molar-refractivity contribution >= 4 is 39.0 Å². The van der Waals surface area contributed by atoms with Crippen LogP contribution in [0.3, 0.4) is 0 Å². The summed E-state index contributed by atoms with van der Waals surface area (Å²) in [5.74, 6) is 0. The Balaban J connectivity index is 0.914. The van der Waals surface area contributed by atoms with Crippen molar-refractivity contribution in [3.05, 3.63) is 295 Å². The molecule has 13 rings (SSSR count). The molecule has 0 saturated heterocycles. The van der Waals surface area contributed by atoms with E-state index in [-0.39, 0.29) is 0 Å². The molecule has 1 aliphatic carbocycles. The quantitative estimate of drug-likeness (QED) is 0.144. The number of nitrogens with zero attached hydrogens (tertiary/aromatic N) is 1. The van der Waals surface area contributed by atoms with E-state index in [1.54, 1.807) is 0 Å². The van der Waals surface area contributed by atoms with Gasteiger partial charge in [0.15, 0.2) is 0 Å². The highest BCUT2D eigenvalue weighted by atomic mass is 16.3. The van der Waals surface area contributed by atoms with Crippen molar-refractivity contribution in [3.63, 3.8) is 0 Å². The molecule has 2 nitrogen and oxygen atoms in total. The van der Waals surface area contributed by atoms with E-state index in [0.29, 0.717) is 0 Å². The summed E-state index contributed by atoms with van der Waals surface area (Å²) in [6.07, 6.45) is 0. The molecule has 0 N–H and O–H groups in total. The van der Waals surface area contributed by atoms with Gasteiger partial charge in [0, 0.05) is 27.8 Å². The Bertz CT molecular complexity index is 3760. The van der Waals surface area contributed by atoms with Crippen LogP contribution in [0.2, 0.25) is 0 Å². The van der Waals surface area contributed by atoms with Gasteiger partial charge in [0.25, 0.3) is 0 Å². The van der Waals surface area contributed by atoms with Crippen molar-refractivity contribution in [1.29, 1.82) is 0 Å². The van der Waals surface area contributed by atoms with Gasteiger partial charge in [-0.3, -0.25) is 0 Å². The van der Waals surface area contributed by atoms with Gasteiger partial charge in [-0.05, 0) is 132 Å². The van der Waals surface area contributed by atoms with Crippen molar-refractivity contribution in [2.24, 2.45) is 0 Å². The summed E-state index contributed by atoms with van der Waals surface area (Å²) < 4.78 is 6.29. The molecule has 1 aliphatic rings. The third kappa shape index (κ3) is 6.80. The van der Waals surface area contributed by atoms with Crippen LogP contribution in [-0.4, -0.2) is 0 Å². The van der Waals surface area contributed by atoms with Crippen LogP contribution in [0.5, 0.6) is 0 Å². The molecule has 1 heterocycles. The molecule has 0 aliphatic heterocycles. The second-order valence-electron chi connectivity index (χ2n) is 18.0. The highest BCUT2D eigenvalue weighted by Crippen LogP contribution is 2.58. The number of furan rings is 1. The maximum Gasteiger partial charge on any atom is 0.136 e. The molecule has 1 aromatic heterocycles. The first-order valence-electron chi connectivity index (χ1n) is 23.7. The van der Waals surface area contributed by atoms with Crippen LogP contribution in [0.15, 0.2) is 277 Å². The fraction of sp³-hybridized carbons (Fsp3) is 0.0149. The lowest BCUT2D eigenvalue weighted by Crippen LogP contribution is -2.28. The molecule has 0 fully saturated rings. The number of hydrogen-bond donors (Lipinski definition) is 0. The minimum atomic E-state index is -0.460. The smallest absolute Gasteiger partial charge is 0.136 e. The number of rotatable bonds is 9. The van der Waals surface area contributed by atoms with E-state index in [1.807, 2.05) is 12.1 Å². The minimum absolute atomic E-state index is 0.460. The number of hydrogen-bond acceptors (Lipinski definition) is 2. The monoisotopic (exact) mass is 879 g/mol. The highest BCUT2D eigenvalue weighted by molar-refractivity contribution is 6.06. The van der Waals surface area contributed by atoms with Crippen molar-refractivity contribution in [3.8, 4) is 55.6 Å². The Morgan fingerprint density at radius 1 is 0.275 bits per heavy atom. The molecule has 0 spiro atoms. The molecule has 0 atom stereocenters. The standard InChI is InChI=1S/C67H45NO/c1-4-16-46(17-5-1)47-30-32-48(33-31-47)51-18-14-23-57(44-51)68(55-39-34-49(35-40-55)52-38-43-60-59-24-11-13-29-64(59)69-65(60)45-52)56-41-36-50(37-42-56)58-26-15-28-63-66(58)61-25-10-12-27-62(61)67(63,53-19-6-2-7-20-53)54-21-8-3-9-22-54/h1-45H. The van der Waals surface area contributed by atoms with Crippen LogP contribution in [0.4, 0.5) is 17.1 Å². The van der Waals surface area contributed by atoms with Crippen LogP contribution in [0, 0.1) is 0 Å². The normalized spacial score (nSPS) is 12.5. The largest absolute Gasteiger partial charge is 0.456 e. The van der Waals surface area contributed by atoms with E-state index in [1.165, 1.54) is 61.2 Å². The zero-order chi connectivity index (χ0) is 45.7. The fourth-order valence-electron chi connectivity index (χ4n) is 11.0. The molecular formula is C67H45NO. The van der Waals surface area contributed by atoms with Crippen LogP contribution in [0.1, 0.15) is 22.3 Å². The van der Waals surface area contributed by atoms with Gasteiger partial charge in [0.1, 0.15) is 11.2 Å². The van der Waals surface area contributed by atoms with Crippen molar-refractivity contribution in [2.75, 3.05) is 4.90 Å². The van der Waals surface area contributed by atoms with Gasteiger partial charge in [-0.2, -0.15) is 0 Å². The lowest BCUT2D eigenvalue weighted by Gasteiger charge is -2.34. The van der Waals surface area contributed by atoms with Gasteiger partial charge in [0.05, 0.1) is 5.41 Å². The molecule has 0 amide bonds. The Kier molecular flexibility index (Phi) is 9.77. The first kappa shape index (κ1) is 40.3. The van der Waals surface area contributed by atoms with E-state index < -0.39 is 5.41 Å². The maximum atomic E-state index is 6.29. The fourth-order valence-corrected chi connectivity index (χ4v) is 11.0. The third-order valence-electron chi connectivity index (χ3n) is 14.2. The SMILES string of the molecule is c1ccc(-c2ccc(-c3cccc(N(c4ccc(-c5ccc6c(c5)oc5ccccc56)cc4)c4ccc(-c5cccc6c5-c5ccccc5C6(c5ccccc5)c5ccccc5)cc4)c3)cc2)cc1. The first-order chi connectivity index (χ1) is 34.2. The Morgan fingerprint density at radius 3 is 1.43 bits per heavy atom. The number of benzene rings is 11. The average Bonchev–Trinajstić information content (AvgIpc) is 3.96. The third-order valence-corrected chi connectivity index (χ3v) is 14.2. The summed E-state index contributed by atoms with van der Waals surface area (Å²) >= 11 is 0. The van der Waals surface area contributed by atoms with E-state index in [4.69, 9.17) is 4.42 Å². The molecule has 0 radical (unpaired) electrons. The van der Waals surface area contributed by atoms with Gasteiger partial charge >= 0.3 is 0 Å². The highest BCUT2D eigenvalue weighted by Gasteiger charge is 2.46. The van der Waals surface area contributed by atoms with E-state index in [9.17, 15) is 0 Å². The zero-order valence-corrected chi connectivity index (χ0v) is 37.8. The van der Waals surface area contributed by atoms with Crippen molar-refractivity contribution < 1.29 is 4.42 Å². The number of para-hydroxylation sites is 1. The van der Waals surface area contributed by atoms with E-state index in [2.05, 4.69) is 266 Å². The predicted octanol–water partition coefficient (Wildman–Crippen LogP) is 18.1. The summed E-state index contributed by atoms with van der Waals surface area (Å²) in [5.41, 5.74) is 21.6. The minimum Gasteiger partial charge on any atom is -0.456 e. The molecule has 0 unspecified atom stereocenters. The lowest BCUT2D eigenvalue weighted by molar-refractivity contribution is 0.669. The zero-order valence-electron chi connectivity index (χ0n) is 37.8. The second-order valence-corrected chi connectivity index (χ2v) is 18.0. The molecule has 0 bridgehead atoms. The molecular weight excluding hydrogens is 835 g/mol. The van der Waals surface area contributed by atoms with Crippen molar-refractivity contribution in [2.45, 2.75) is 5.41 Å². The van der Waals surface area contributed by atoms with E-state index >= 15 is 0 Å². The van der Waals surface area contributed by atoms with E-state index in [0.717, 1.165) is 55.7 Å². The van der Waals surface area contributed by atoms with Gasteiger partial charge in [0.2, 0.25) is 0 Å². The average molecular weight is 880 g/mol. The Labute approximate surface area is 402 Å². The molecule has 11 aromatic carbocycles. The molecule has 324 valence electrons. The summed E-state index contributed by atoms with van der Waals surface area (Å²) in [5, 5.41) is 2.27. The topological polar surface area (TPSA) is 16.4 Å². The molecule has 0 saturated carbocycles. The Hall–Kier alpha value is -8.98. The summed E-state index contributed by atoms with van der Waals surface area (Å²) in [6, 6.07) is 99.2. The molecule has 12 aromatic rings. The predicted molar refractivity (Wildman–Crippen MR) is 287 cm³/mol. The van der Waals surface area contributed by atoms with Crippen LogP contribution in [0.25, 0.3) is 77.6 Å². The van der Waals surface area contributed by atoms with Crippen LogP contribution in [-0.2, 0) is 5.41 Å². The first-order valence-corrected chi connectivity index (χ1v) is 23.7. The molecule has 2 heteroatoms. The number of fused-ring (bicyclic) bond motifs is 6. The number of anilines is 3. The van der Waals surface area contributed by atoms with Crippen LogP contribution >= 0.6 is 0 Å². The maximum absolute atomic E-state index is 6.29. The Morgan fingerprint density at radius 2 is 0.739 bits per heavy atom. The summed E-state index contributed by atoms with van der Waals surface area (Å²) in [7, 11) is 0. The summed E-state index contributed by atoms with van der Waals surface area (Å²) in [4.78, 5) is 2.37. The second kappa shape index (κ2) is 16.7. The van der Waals surface area contributed by atoms with Crippen molar-refractivity contribution in [1.82, 2.24) is 0 Å². The molecule has 69 heavy (non-hydrogen) atoms. The lowest BCUT2D eigenvalue weighted by atomic mass is 9.67. The van der Waals surface area contributed by atoms with Gasteiger partial charge in [-0.25, -0.2) is 0 Å². The van der Waals surface area contributed by atoms with Gasteiger partial charge in [-0.15, -0.1) is 0 Å². The van der Waals surface area contributed by atoms with Gasteiger partial charge < -0.3 is 9.32 Å². The summed E-state index contributed by atoms with van der Waals surface area (Å²) in [6.45, 7) is 0. The van der Waals surface area contributed by atoms with Crippen LogP contribution < -0.4 is 4.90 Å².